The first-order valence-corrected chi connectivity index (χ1v) is 18.0. The van der Waals surface area contributed by atoms with Crippen LogP contribution < -0.4 is 26.2 Å². The van der Waals surface area contributed by atoms with Gasteiger partial charge in [-0.05, 0) is 57.5 Å². The monoisotopic (exact) mass is 520 g/mol. The van der Waals surface area contributed by atoms with Gasteiger partial charge in [0.25, 0.3) is 0 Å². The standard InChI is InChI=1S/C32H46P2Si/c1-22(2)33(23(3)4)29-20-26(9)16-18-31(29)35(28-14-12-11-13-15-28)32-19-17-27(10)21-30(32)34(24(5)6)25(7)8/h11-25,35H,1-10H3. The third-order valence-corrected chi connectivity index (χ3v) is 17.0. The van der Waals surface area contributed by atoms with Gasteiger partial charge in [-0.25, -0.2) is 0 Å². The van der Waals surface area contributed by atoms with Gasteiger partial charge in [-0.15, -0.1) is 0 Å². The third-order valence-electron chi connectivity index (χ3n) is 6.91. The van der Waals surface area contributed by atoms with Crippen molar-refractivity contribution in [3.05, 3.63) is 77.9 Å². The molecule has 0 spiro atoms. The number of aryl methyl sites for hydroxylation is 2. The first-order chi connectivity index (χ1) is 16.5. The zero-order chi connectivity index (χ0) is 25.9. The van der Waals surface area contributed by atoms with E-state index in [1.165, 1.54) is 11.1 Å². The lowest BCUT2D eigenvalue weighted by atomic mass is 10.2. The summed E-state index contributed by atoms with van der Waals surface area (Å²) in [5, 5.41) is 8.18. The number of benzene rings is 3. The molecule has 0 saturated carbocycles. The van der Waals surface area contributed by atoms with Gasteiger partial charge in [-0.3, -0.25) is 0 Å². The van der Waals surface area contributed by atoms with E-state index in [0.717, 1.165) is 0 Å². The molecule has 0 aliphatic rings. The van der Waals surface area contributed by atoms with Gasteiger partial charge in [0.1, 0.15) is 8.80 Å². The van der Waals surface area contributed by atoms with Crippen LogP contribution in [0.15, 0.2) is 66.7 Å². The Morgan fingerprint density at radius 1 is 0.514 bits per heavy atom. The molecule has 0 atom stereocenters. The topological polar surface area (TPSA) is 0 Å². The van der Waals surface area contributed by atoms with E-state index in [1.807, 2.05) is 0 Å². The molecule has 3 aromatic rings. The van der Waals surface area contributed by atoms with E-state index in [1.54, 1.807) is 26.2 Å². The van der Waals surface area contributed by atoms with Gasteiger partial charge in [0.05, 0.1) is 0 Å². The summed E-state index contributed by atoms with van der Waals surface area (Å²) in [6.45, 7) is 24.0. The van der Waals surface area contributed by atoms with E-state index in [-0.39, 0.29) is 15.8 Å². The summed E-state index contributed by atoms with van der Waals surface area (Å²) >= 11 is 0. The molecule has 3 rings (SSSR count). The van der Waals surface area contributed by atoms with E-state index in [0.29, 0.717) is 22.6 Å². The summed E-state index contributed by atoms with van der Waals surface area (Å²) in [7, 11) is -2.15. The Bertz CT molecular complexity index is 1020. The van der Waals surface area contributed by atoms with E-state index in [2.05, 4.69) is 136 Å². The second-order valence-electron chi connectivity index (χ2n) is 11.2. The smallest absolute Gasteiger partial charge is 0.0702 e. The lowest BCUT2D eigenvalue weighted by Crippen LogP contribution is -2.60. The Balaban J connectivity index is 2.39. The second-order valence-corrected chi connectivity index (χ2v) is 20.7. The molecular weight excluding hydrogens is 474 g/mol. The van der Waals surface area contributed by atoms with Crippen molar-refractivity contribution >= 4 is 50.8 Å². The summed E-state index contributed by atoms with van der Waals surface area (Å²) in [5.41, 5.74) is 5.51. The summed E-state index contributed by atoms with van der Waals surface area (Å²) in [6.07, 6.45) is 0. The van der Waals surface area contributed by atoms with Crippen molar-refractivity contribution in [1.82, 2.24) is 0 Å². The Labute approximate surface area is 220 Å². The molecule has 0 aliphatic carbocycles. The van der Waals surface area contributed by atoms with Crippen LogP contribution in [0, 0.1) is 13.8 Å². The van der Waals surface area contributed by atoms with Crippen molar-refractivity contribution in [2.75, 3.05) is 0 Å². The highest BCUT2D eigenvalue weighted by Gasteiger charge is 2.31. The molecule has 188 valence electrons. The number of hydrogen-bond donors (Lipinski definition) is 0. The number of hydrogen-bond acceptors (Lipinski definition) is 0. The van der Waals surface area contributed by atoms with Gasteiger partial charge in [0, 0.05) is 0 Å². The predicted octanol–water partition coefficient (Wildman–Crippen LogP) is 6.40. The highest BCUT2D eigenvalue weighted by molar-refractivity contribution is 7.68. The summed E-state index contributed by atoms with van der Waals surface area (Å²) in [5.74, 6) is 0. The van der Waals surface area contributed by atoms with Crippen LogP contribution in [0.4, 0.5) is 0 Å². The van der Waals surface area contributed by atoms with Gasteiger partial charge in [0.15, 0.2) is 0 Å². The van der Waals surface area contributed by atoms with E-state index >= 15 is 0 Å². The largest absolute Gasteiger partial charge is 0.134 e. The first-order valence-electron chi connectivity index (χ1n) is 13.4. The van der Waals surface area contributed by atoms with Crippen molar-refractivity contribution in [3.8, 4) is 0 Å². The fourth-order valence-electron chi connectivity index (χ4n) is 5.72. The maximum absolute atomic E-state index is 2.55. The van der Waals surface area contributed by atoms with Crippen LogP contribution in [0.1, 0.15) is 66.5 Å². The molecule has 0 fully saturated rings. The van der Waals surface area contributed by atoms with Crippen LogP contribution in [-0.4, -0.2) is 31.4 Å². The molecule has 0 N–H and O–H groups in total. The van der Waals surface area contributed by atoms with Gasteiger partial charge < -0.3 is 0 Å². The molecule has 0 radical (unpaired) electrons. The van der Waals surface area contributed by atoms with Crippen LogP contribution in [0.5, 0.6) is 0 Å². The highest BCUT2D eigenvalue weighted by Crippen LogP contribution is 2.45. The molecule has 3 aromatic carbocycles. The van der Waals surface area contributed by atoms with Crippen LogP contribution >= 0.6 is 15.8 Å². The Morgan fingerprint density at radius 2 is 0.886 bits per heavy atom. The van der Waals surface area contributed by atoms with Crippen molar-refractivity contribution < 1.29 is 0 Å². The molecule has 0 aromatic heterocycles. The predicted molar refractivity (Wildman–Crippen MR) is 169 cm³/mol. The van der Waals surface area contributed by atoms with E-state index < -0.39 is 8.80 Å². The molecule has 35 heavy (non-hydrogen) atoms. The quantitative estimate of drug-likeness (QED) is 0.174. The molecular formula is C32H46P2Si. The van der Waals surface area contributed by atoms with E-state index in [9.17, 15) is 0 Å². The van der Waals surface area contributed by atoms with Gasteiger partial charge >= 0.3 is 0 Å². The molecule has 0 nitrogen and oxygen atoms in total. The molecule has 0 saturated heterocycles. The lowest BCUT2D eigenvalue weighted by molar-refractivity contribution is 1.02. The van der Waals surface area contributed by atoms with Crippen molar-refractivity contribution in [2.45, 2.75) is 91.9 Å². The lowest BCUT2D eigenvalue weighted by Gasteiger charge is -2.34. The molecule has 0 aliphatic heterocycles. The van der Waals surface area contributed by atoms with Crippen LogP contribution in [0.2, 0.25) is 0 Å². The average molecular weight is 521 g/mol. The van der Waals surface area contributed by atoms with Crippen molar-refractivity contribution in [2.24, 2.45) is 0 Å². The molecule has 0 unspecified atom stereocenters. The summed E-state index contributed by atoms with van der Waals surface area (Å²) in [6, 6.07) is 26.4. The normalized spacial score (nSPS) is 12.4. The molecule has 0 heterocycles. The average Bonchev–Trinajstić information content (AvgIpc) is 2.76. The Kier molecular flexibility index (Phi) is 9.96. The van der Waals surface area contributed by atoms with Crippen molar-refractivity contribution in [1.29, 1.82) is 0 Å². The highest BCUT2D eigenvalue weighted by atomic mass is 31.1. The van der Waals surface area contributed by atoms with E-state index in [4.69, 9.17) is 0 Å². The minimum Gasteiger partial charge on any atom is -0.0702 e. The fraction of sp³-hybridized carbons (Fsp3) is 0.438. The maximum atomic E-state index is 2.55. The third kappa shape index (κ3) is 6.55. The second kappa shape index (κ2) is 12.3. The first kappa shape index (κ1) is 28.3. The zero-order valence-electron chi connectivity index (χ0n) is 23.6. The van der Waals surface area contributed by atoms with Gasteiger partial charge in [0.2, 0.25) is 0 Å². The maximum Gasteiger partial charge on any atom is 0.134 e. The van der Waals surface area contributed by atoms with Crippen LogP contribution in [-0.2, 0) is 0 Å². The van der Waals surface area contributed by atoms with Crippen LogP contribution in [0.3, 0.4) is 0 Å². The Hall–Kier alpha value is -1.26. The Morgan fingerprint density at radius 3 is 1.23 bits per heavy atom. The molecule has 3 heteroatoms. The summed E-state index contributed by atoms with van der Waals surface area (Å²) < 4.78 is 0. The van der Waals surface area contributed by atoms with Crippen LogP contribution in [0.25, 0.3) is 0 Å². The van der Waals surface area contributed by atoms with Gasteiger partial charge in [-0.2, -0.15) is 0 Å². The SMILES string of the molecule is Cc1ccc([SiH](c2ccccc2)c2ccc(C)cc2P(C(C)C)C(C)C)c(P(C(C)C)C(C)C)c1. The molecule has 0 amide bonds. The summed E-state index contributed by atoms with van der Waals surface area (Å²) in [4.78, 5) is 0. The number of rotatable bonds is 9. The van der Waals surface area contributed by atoms with Crippen molar-refractivity contribution in [3.63, 3.8) is 0 Å². The fourth-order valence-corrected chi connectivity index (χ4v) is 16.4. The minimum atomic E-state index is -1.67. The zero-order valence-corrected chi connectivity index (χ0v) is 26.6. The van der Waals surface area contributed by atoms with Gasteiger partial charge in [-0.1, -0.05) is 154 Å². The molecule has 0 bridgehead atoms. The minimum absolute atomic E-state index is 0.240.